The molecule has 1 aliphatic heterocycles. The highest BCUT2D eigenvalue weighted by molar-refractivity contribution is 7.80. The number of benzene rings is 1. The standard InChI is InChI=1S/C21H19F3N4OS2/c22-21(23,24)14-5-3-13(4-6-14)11-26-20(29)15-12-25-18(17-16(30)7-10-31-17)27-19(15)28-8-1-2-9-28/h3-7,10,12,30H,1-2,8-9,11H2,(H,26,29). The molecule has 3 heterocycles. The van der Waals surface area contributed by atoms with Gasteiger partial charge in [0, 0.05) is 30.7 Å². The Balaban J connectivity index is 1.55. The van der Waals surface area contributed by atoms with Gasteiger partial charge < -0.3 is 10.2 Å². The van der Waals surface area contributed by atoms with E-state index in [0.29, 0.717) is 22.8 Å². The normalized spacial score (nSPS) is 14.1. The lowest BCUT2D eigenvalue weighted by Gasteiger charge is -2.20. The summed E-state index contributed by atoms with van der Waals surface area (Å²) < 4.78 is 38.1. The highest BCUT2D eigenvalue weighted by atomic mass is 32.1. The molecule has 1 aliphatic rings. The van der Waals surface area contributed by atoms with Gasteiger partial charge in [-0.25, -0.2) is 9.97 Å². The van der Waals surface area contributed by atoms with Crippen molar-refractivity contribution in [3.8, 4) is 10.7 Å². The Morgan fingerprint density at radius 1 is 1.16 bits per heavy atom. The second kappa shape index (κ2) is 8.88. The molecule has 31 heavy (non-hydrogen) atoms. The van der Waals surface area contributed by atoms with E-state index in [1.807, 2.05) is 11.4 Å². The van der Waals surface area contributed by atoms with E-state index in [4.69, 9.17) is 0 Å². The van der Waals surface area contributed by atoms with Crippen LogP contribution in [0.25, 0.3) is 10.7 Å². The van der Waals surface area contributed by atoms with Gasteiger partial charge in [0.25, 0.3) is 5.91 Å². The van der Waals surface area contributed by atoms with Crippen LogP contribution in [0.3, 0.4) is 0 Å². The van der Waals surface area contributed by atoms with Crippen molar-refractivity contribution < 1.29 is 18.0 Å². The summed E-state index contributed by atoms with van der Waals surface area (Å²) in [5.41, 5.74) is 0.190. The second-order valence-electron chi connectivity index (χ2n) is 7.14. The van der Waals surface area contributed by atoms with E-state index >= 15 is 0 Å². The van der Waals surface area contributed by atoms with Gasteiger partial charge in [0.1, 0.15) is 11.4 Å². The molecule has 0 radical (unpaired) electrons. The van der Waals surface area contributed by atoms with E-state index in [0.717, 1.165) is 47.8 Å². The van der Waals surface area contributed by atoms with Gasteiger partial charge in [-0.05, 0) is 42.0 Å². The number of alkyl halides is 3. The van der Waals surface area contributed by atoms with Crippen molar-refractivity contribution in [2.75, 3.05) is 18.0 Å². The number of hydrogen-bond acceptors (Lipinski definition) is 6. The first-order valence-electron chi connectivity index (χ1n) is 9.66. The monoisotopic (exact) mass is 464 g/mol. The molecule has 0 aliphatic carbocycles. The van der Waals surface area contributed by atoms with E-state index in [2.05, 4.69) is 32.8 Å². The number of anilines is 1. The SMILES string of the molecule is O=C(NCc1ccc(C(F)(F)F)cc1)c1cnc(-c2sccc2S)nc1N1CCCC1. The van der Waals surface area contributed by atoms with Gasteiger partial charge in [0.2, 0.25) is 0 Å². The van der Waals surface area contributed by atoms with Gasteiger partial charge in [0.05, 0.1) is 10.4 Å². The molecule has 0 unspecified atom stereocenters. The Bertz CT molecular complexity index is 1080. The van der Waals surface area contributed by atoms with Crippen molar-refractivity contribution in [2.45, 2.75) is 30.5 Å². The maximum Gasteiger partial charge on any atom is 0.416 e. The lowest BCUT2D eigenvalue weighted by Crippen LogP contribution is -2.28. The van der Waals surface area contributed by atoms with Crippen molar-refractivity contribution in [3.63, 3.8) is 0 Å². The predicted octanol–water partition coefficient (Wildman–Crippen LogP) is 5.04. The number of rotatable bonds is 5. The Morgan fingerprint density at radius 3 is 2.48 bits per heavy atom. The molecule has 5 nitrogen and oxygen atoms in total. The number of carbonyl (C=O) groups excluding carboxylic acids is 1. The highest BCUT2D eigenvalue weighted by Gasteiger charge is 2.30. The smallest absolute Gasteiger partial charge is 0.356 e. The minimum Gasteiger partial charge on any atom is -0.356 e. The van der Waals surface area contributed by atoms with Crippen LogP contribution < -0.4 is 10.2 Å². The zero-order valence-electron chi connectivity index (χ0n) is 16.3. The van der Waals surface area contributed by atoms with Crippen molar-refractivity contribution in [1.29, 1.82) is 0 Å². The summed E-state index contributed by atoms with van der Waals surface area (Å²) in [5.74, 6) is 0.709. The quantitative estimate of drug-likeness (QED) is 0.520. The molecule has 4 rings (SSSR count). The van der Waals surface area contributed by atoms with Gasteiger partial charge in [-0.15, -0.1) is 24.0 Å². The average molecular weight is 465 g/mol. The molecular weight excluding hydrogens is 445 g/mol. The van der Waals surface area contributed by atoms with Gasteiger partial charge in [-0.3, -0.25) is 4.79 Å². The zero-order chi connectivity index (χ0) is 22.0. The number of thiol groups is 1. The van der Waals surface area contributed by atoms with Crippen LogP contribution in [-0.2, 0) is 12.7 Å². The van der Waals surface area contributed by atoms with Gasteiger partial charge in [0.15, 0.2) is 5.82 Å². The van der Waals surface area contributed by atoms with Crippen LogP contribution in [-0.4, -0.2) is 29.0 Å². The van der Waals surface area contributed by atoms with Gasteiger partial charge >= 0.3 is 6.18 Å². The number of aromatic nitrogens is 2. The molecule has 0 atom stereocenters. The fourth-order valence-corrected chi connectivity index (χ4v) is 4.54. The molecule has 0 saturated carbocycles. The molecule has 1 amide bonds. The fraction of sp³-hybridized carbons (Fsp3) is 0.286. The maximum absolute atomic E-state index is 12.9. The second-order valence-corrected chi connectivity index (χ2v) is 8.54. The minimum absolute atomic E-state index is 0.101. The number of nitrogens with zero attached hydrogens (tertiary/aromatic N) is 3. The first kappa shape index (κ1) is 21.6. The summed E-state index contributed by atoms with van der Waals surface area (Å²) in [5, 5.41) is 4.67. The molecule has 2 aromatic heterocycles. The minimum atomic E-state index is -4.39. The summed E-state index contributed by atoms with van der Waals surface area (Å²) in [4.78, 5) is 25.6. The number of nitrogens with one attached hydrogen (secondary N) is 1. The molecule has 1 fully saturated rings. The Labute approximate surface area is 186 Å². The third-order valence-corrected chi connectivity index (χ3v) is 6.44. The summed E-state index contributed by atoms with van der Waals surface area (Å²) in [6, 6.07) is 6.59. The first-order chi connectivity index (χ1) is 14.8. The number of amides is 1. The number of carbonyl (C=O) groups is 1. The van der Waals surface area contributed by atoms with Crippen LogP contribution in [0.2, 0.25) is 0 Å². The van der Waals surface area contributed by atoms with Crippen LogP contribution in [0.1, 0.15) is 34.3 Å². The molecular formula is C21H19F3N4OS2. The third kappa shape index (κ3) is 4.85. The number of hydrogen-bond donors (Lipinski definition) is 2. The van der Waals surface area contributed by atoms with Crippen molar-refractivity contribution in [1.82, 2.24) is 15.3 Å². The van der Waals surface area contributed by atoms with Crippen molar-refractivity contribution in [2.24, 2.45) is 0 Å². The summed E-state index contributed by atoms with van der Waals surface area (Å²) in [6.45, 7) is 1.70. The van der Waals surface area contributed by atoms with E-state index in [9.17, 15) is 18.0 Å². The van der Waals surface area contributed by atoms with E-state index < -0.39 is 11.7 Å². The molecule has 1 saturated heterocycles. The van der Waals surface area contributed by atoms with E-state index in [-0.39, 0.29) is 12.5 Å². The molecule has 10 heteroatoms. The van der Waals surface area contributed by atoms with Crippen LogP contribution in [0.5, 0.6) is 0 Å². The van der Waals surface area contributed by atoms with Crippen LogP contribution in [0.15, 0.2) is 46.8 Å². The first-order valence-corrected chi connectivity index (χ1v) is 11.0. The Kier molecular flexibility index (Phi) is 6.19. The van der Waals surface area contributed by atoms with E-state index in [1.165, 1.54) is 29.7 Å². The predicted molar refractivity (Wildman–Crippen MR) is 117 cm³/mol. The average Bonchev–Trinajstić information content (AvgIpc) is 3.43. The molecule has 3 aromatic rings. The molecule has 162 valence electrons. The summed E-state index contributed by atoms with van der Waals surface area (Å²) in [7, 11) is 0. The van der Waals surface area contributed by atoms with Gasteiger partial charge in [-0.2, -0.15) is 13.2 Å². The highest BCUT2D eigenvalue weighted by Crippen LogP contribution is 2.32. The largest absolute Gasteiger partial charge is 0.416 e. The van der Waals surface area contributed by atoms with E-state index in [1.54, 1.807) is 0 Å². The van der Waals surface area contributed by atoms with Crippen LogP contribution in [0.4, 0.5) is 19.0 Å². The third-order valence-electron chi connectivity index (χ3n) is 5.00. The number of thiophene rings is 1. The summed E-state index contributed by atoms with van der Waals surface area (Å²) in [6.07, 6.45) is -0.850. The van der Waals surface area contributed by atoms with Crippen LogP contribution >= 0.6 is 24.0 Å². The Hall–Kier alpha value is -2.59. The summed E-state index contributed by atoms with van der Waals surface area (Å²) >= 11 is 5.91. The van der Waals surface area contributed by atoms with Gasteiger partial charge in [-0.1, -0.05) is 12.1 Å². The van der Waals surface area contributed by atoms with Crippen molar-refractivity contribution >= 4 is 35.7 Å². The molecule has 0 spiro atoms. The molecule has 0 bridgehead atoms. The maximum atomic E-state index is 12.9. The molecule has 1 aromatic carbocycles. The lowest BCUT2D eigenvalue weighted by atomic mass is 10.1. The molecule has 1 N–H and O–H groups in total. The zero-order valence-corrected chi connectivity index (χ0v) is 18.0. The lowest BCUT2D eigenvalue weighted by molar-refractivity contribution is -0.137. The van der Waals surface area contributed by atoms with Crippen LogP contribution in [0, 0.1) is 0 Å². The van der Waals surface area contributed by atoms with Crippen molar-refractivity contribution in [3.05, 3.63) is 58.6 Å². The Morgan fingerprint density at radius 2 is 1.87 bits per heavy atom. The number of halogens is 3. The topological polar surface area (TPSA) is 58.1 Å². The fourth-order valence-electron chi connectivity index (χ4n) is 3.37.